The smallest absolute Gasteiger partial charge is 0.164 e. The molecule has 0 saturated heterocycles. The van der Waals surface area contributed by atoms with Crippen LogP contribution in [0.3, 0.4) is 0 Å². The quantitative estimate of drug-likeness (QED) is 0.185. The fourth-order valence-corrected chi connectivity index (χ4v) is 6.18. The number of para-hydroxylation sites is 2. The van der Waals surface area contributed by atoms with Crippen molar-refractivity contribution >= 4 is 43.9 Å². The minimum atomic E-state index is -0.665. The Morgan fingerprint density at radius 3 is 1.90 bits per heavy atom. The molecule has 10 rings (SSSR count). The van der Waals surface area contributed by atoms with E-state index in [1.54, 1.807) is 6.07 Å². The highest BCUT2D eigenvalue weighted by Crippen LogP contribution is 2.38. The van der Waals surface area contributed by atoms with Gasteiger partial charge in [-0.3, -0.25) is 0 Å². The lowest BCUT2D eigenvalue weighted by molar-refractivity contribution is 0.668. The van der Waals surface area contributed by atoms with Gasteiger partial charge in [-0.15, -0.1) is 0 Å². The lowest BCUT2D eigenvalue weighted by Gasteiger charge is -2.11. The summed E-state index contributed by atoms with van der Waals surface area (Å²) in [5.74, 6) is 0.105. The number of fused-ring (bicyclic) bond motifs is 6. The highest BCUT2D eigenvalue weighted by molar-refractivity contribution is 6.12. The first-order valence-electron chi connectivity index (χ1n) is 21.2. The molecular weight excluding hydrogens is 615 g/mol. The highest BCUT2D eigenvalue weighted by atomic mass is 16.3. The Balaban J connectivity index is 1.25. The van der Waals surface area contributed by atoms with Crippen LogP contribution < -0.4 is 0 Å². The summed E-state index contributed by atoms with van der Waals surface area (Å²) >= 11 is 0. The van der Waals surface area contributed by atoms with Gasteiger partial charge < -0.3 is 8.83 Å². The van der Waals surface area contributed by atoms with Crippen LogP contribution in [-0.2, 0) is 0 Å². The van der Waals surface area contributed by atoms with Gasteiger partial charge in [0.05, 0.1) is 15.1 Å². The summed E-state index contributed by atoms with van der Waals surface area (Å²) < 4.78 is 109. The molecule has 0 atom stereocenters. The molecule has 0 radical (unpaired) electrons. The number of aromatic nitrogens is 3. The average Bonchev–Trinajstić information content (AvgIpc) is 3.87. The second kappa shape index (κ2) is 11.4. The molecule has 0 spiro atoms. The minimum absolute atomic E-state index is 0.142. The molecule has 0 amide bonds. The Labute approximate surface area is 302 Å². The molecule has 3 aromatic heterocycles. The predicted molar refractivity (Wildman–Crippen MR) is 202 cm³/mol. The van der Waals surface area contributed by atoms with E-state index in [-0.39, 0.29) is 50.5 Å². The van der Waals surface area contributed by atoms with E-state index >= 15 is 0 Å². The standard InChI is InChI=1S/C45H27N3O2/c1-2-10-28(11-3-1)29-20-22-30(23-21-29)43-46-44(48-45(47-43)33-24-25-36-35-14-4-6-17-38(35)50-41(36)27-33)32-13-8-12-31(26-32)34-16-9-19-40-42(34)37-15-5-7-18-39(37)49-40/h1-27H/i5D,7D,8D,9D,12D,13D,15D,16D,18D,19D,26D. The zero-order valence-electron chi connectivity index (χ0n) is 36.9. The molecule has 0 aliphatic rings. The molecular formula is C45H27N3O2. The van der Waals surface area contributed by atoms with Crippen LogP contribution in [0.25, 0.3) is 100 Å². The van der Waals surface area contributed by atoms with Crippen LogP contribution in [0.15, 0.2) is 172 Å². The molecule has 5 nitrogen and oxygen atoms in total. The fraction of sp³-hybridized carbons (Fsp3) is 0. The normalized spacial score (nSPS) is 14.7. The van der Waals surface area contributed by atoms with Crippen LogP contribution in [0.2, 0.25) is 0 Å². The summed E-state index contributed by atoms with van der Waals surface area (Å²) in [6.07, 6.45) is 0. The molecule has 0 unspecified atom stereocenters. The fourth-order valence-electron chi connectivity index (χ4n) is 6.18. The van der Waals surface area contributed by atoms with Gasteiger partial charge in [0, 0.05) is 38.2 Å². The van der Waals surface area contributed by atoms with Crippen molar-refractivity contribution in [3.8, 4) is 56.4 Å². The molecule has 50 heavy (non-hydrogen) atoms. The van der Waals surface area contributed by atoms with E-state index in [1.807, 2.05) is 91.0 Å². The third kappa shape index (κ3) is 4.75. The molecule has 5 heteroatoms. The van der Waals surface area contributed by atoms with Crippen molar-refractivity contribution in [3.63, 3.8) is 0 Å². The lowest BCUT2D eigenvalue weighted by atomic mass is 9.98. The van der Waals surface area contributed by atoms with Gasteiger partial charge in [-0.25, -0.2) is 15.0 Å². The van der Waals surface area contributed by atoms with Crippen LogP contribution in [0.4, 0.5) is 0 Å². The van der Waals surface area contributed by atoms with Crippen molar-refractivity contribution in [3.05, 3.63) is 164 Å². The van der Waals surface area contributed by atoms with Crippen LogP contribution in [0.5, 0.6) is 0 Å². The summed E-state index contributed by atoms with van der Waals surface area (Å²) in [5, 5.41) is 1.36. The first-order valence-corrected chi connectivity index (χ1v) is 15.7. The van der Waals surface area contributed by atoms with E-state index in [1.165, 1.54) is 0 Å². The minimum Gasteiger partial charge on any atom is -0.456 e. The first-order chi connectivity index (χ1) is 29.3. The Morgan fingerprint density at radius 2 is 1.02 bits per heavy atom. The monoisotopic (exact) mass is 652 g/mol. The van der Waals surface area contributed by atoms with Gasteiger partial charge >= 0.3 is 0 Å². The van der Waals surface area contributed by atoms with E-state index < -0.39 is 72.0 Å². The maximum atomic E-state index is 9.66. The Bertz CT molecular complexity index is 3500. The van der Waals surface area contributed by atoms with Gasteiger partial charge in [-0.1, -0.05) is 127 Å². The summed E-state index contributed by atoms with van der Waals surface area (Å²) in [6.45, 7) is 0. The SMILES string of the molecule is [2H]c1c([2H])c(-c2nc(-c3ccc(-c4ccccc4)cc3)nc(-c3ccc4c(c3)oc3ccccc34)n2)c([2H])c(-c2c([2H])c([2H])c([2H])c3oc4c([2H])c([2H])c([2H])c([2H])c4c23)c1[2H]. The van der Waals surface area contributed by atoms with Gasteiger partial charge in [0.1, 0.15) is 22.3 Å². The summed E-state index contributed by atoms with van der Waals surface area (Å²) in [6, 6.07) is 23.7. The highest BCUT2D eigenvalue weighted by Gasteiger charge is 2.17. The second-order valence-corrected chi connectivity index (χ2v) is 11.6. The Morgan fingerprint density at radius 1 is 0.400 bits per heavy atom. The number of hydrogen-bond acceptors (Lipinski definition) is 5. The molecule has 0 fully saturated rings. The molecule has 3 heterocycles. The van der Waals surface area contributed by atoms with Crippen molar-refractivity contribution in [1.29, 1.82) is 0 Å². The Hall–Kier alpha value is -6.85. The van der Waals surface area contributed by atoms with Crippen molar-refractivity contribution in [2.45, 2.75) is 0 Å². The van der Waals surface area contributed by atoms with Gasteiger partial charge in [0.15, 0.2) is 17.5 Å². The zero-order chi connectivity index (χ0) is 42.6. The van der Waals surface area contributed by atoms with E-state index in [0.717, 1.165) is 21.9 Å². The van der Waals surface area contributed by atoms with Crippen LogP contribution in [0.1, 0.15) is 15.1 Å². The molecule has 10 aromatic rings. The predicted octanol–water partition coefficient (Wildman–Crippen LogP) is 12.0. The van der Waals surface area contributed by atoms with Crippen molar-refractivity contribution in [2.24, 2.45) is 0 Å². The van der Waals surface area contributed by atoms with Gasteiger partial charge in [0.2, 0.25) is 0 Å². The third-order valence-electron chi connectivity index (χ3n) is 8.57. The van der Waals surface area contributed by atoms with Crippen LogP contribution in [0, 0.1) is 0 Å². The largest absolute Gasteiger partial charge is 0.456 e. The number of benzene rings is 7. The maximum absolute atomic E-state index is 9.66. The van der Waals surface area contributed by atoms with Crippen molar-refractivity contribution in [1.82, 2.24) is 15.0 Å². The summed E-state index contributed by atoms with van der Waals surface area (Å²) in [7, 11) is 0. The summed E-state index contributed by atoms with van der Waals surface area (Å²) in [4.78, 5) is 14.4. The number of rotatable bonds is 5. The van der Waals surface area contributed by atoms with Crippen molar-refractivity contribution < 1.29 is 23.9 Å². The molecule has 7 aromatic carbocycles. The summed E-state index contributed by atoms with van der Waals surface area (Å²) in [5.41, 5.74) is 2.51. The third-order valence-corrected chi connectivity index (χ3v) is 8.57. The number of nitrogens with zero attached hydrogens (tertiary/aromatic N) is 3. The Kier molecular flexibility index (Phi) is 4.38. The van der Waals surface area contributed by atoms with Gasteiger partial charge in [-0.05, 0) is 58.6 Å². The van der Waals surface area contributed by atoms with Crippen molar-refractivity contribution in [2.75, 3.05) is 0 Å². The van der Waals surface area contributed by atoms with Gasteiger partial charge in [0.25, 0.3) is 0 Å². The molecule has 0 saturated carbocycles. The van der Waals surface area contributed by atoms with E-state index in [9.17, 15) is 1.37 Å². The topological polar surface area (TPSA) is 65.0 Å². The second-order valence-electron chi connectivity index (χ2n) is 11.6. The maximum Gasteiger partial charge on any atom is 0.164 e. The lowest BCUT2D eigenvalue weighted by Crippen LogP contribution is -2.00. The van der Waals surface area contributed by atoms with E-state index in [4.69, 9.17) is 37.5 Å². The molecule has 0 aliphatic heterocycles. The number of furan rings is 2. The molecule has 0 aliphatic carbocycles. The molecule has 234 valence electrons. The van der Waals surface area contributed by atoms with Gasteiger partial charge in [-0.2, -0.15) is 0 Å². The average molecular weight is 653 g/mol. The zero-order valence-corrected chi connectivity index (χ0v) is 25.9. The first kappa shape index (κ1) is 19.2. The molecule has 0 bridgehead atoms. The van der Waals surface area contributed by atoms with E-state index in [2.05, 4.69) is 0 Å². The van der Waals surface area contributed by atoms with Crippen LogP contribution >= 0.6 is 0 Å². The number of hydrogen-bond donors (Lipinski definition) is 0. The van der Waals surface area contributed by atoms with Crippen LogP contribution in [-0.4, -0.2) is 15.0 Å². The van der Waals surface area contributed by atoms with E-state index in [0.29, 0.717) is 22.3 Å². The molecule has 0 N–H and O–H groups in total.